The van der Waals surface area contributed by atoms with Gasteiger partial charge in [0.2, 0.25) is 0 Å². The van der Waals surface area contributed by atoms with Gasteiger partial charge in [0.15, 0.2) is 11.6 Å². The average Bonchev–Trinajstić information content (AvgIpc) is 2.43. The van der Waals surface area contributed by atoms with E-state index in [0.717, 1.165) is 5.56 Å². The Morgan fingerprint density at radius 3 is 2.00 bits per heavy atom. The van der Waals surface area contributed by atoms with E-state index in [2.05, 4.69) is 0 Å². The molecule has 0 amide bonds. The van der Waals surface area contributed by atoms with Crippen LogP contribution in [0.25, 0.3) is 6.08 Å². The zero-order valence-electron chi connectivity index (χ0n) is 10.6. The third-order valence-electron chi connectivity index (χ3n) is 2.59. The second kappa shape index (κ2) is 6.51. The Labute approximate surface area is 107 Å². The van der Waals surface area contributed by atoms with Crippen LogP contribution in [-0.2, 0) is 9.59 Å². The van der Waals surface area contributed by atoms with E-state index in [4.69, 9.17) is 5.26 Å². The fourth-order valence-electron chi connectivity index (χ4n) is 1.52. The maximum absolute atomic E-state index is 11.7. The number of hydrogen-bond donors (Lipinski definition) is 0. The summed E-state index contributed by atoms with van der Waals surface area (Å²) < 4.78 is 0. The first kappa shape index (κ1) is 13.9. The van der Waals surface area contributed by atoms with Gasteiger partial charge in [0.1, 0.15) is 0 Å². The van der Waals surface area contributed by atoms with Crippen molar-refractivity contribution in [1.29, 1.82) is 5.26 Å². The van der Waals surface area contributed by atoms with Crippen LogP contribution in [0.2, 0.25) is 0 Å². The van der Waals surface area contributed by atoms with Crippen molar-refractivity contribution in [1.82, 2.24) is 0 Å². The third-order valence-corrected chi connectivity index (χ3v) is 2.59. The lowest BCUT2D eigenvalue weighted by Gasteiger charge is -2.03. The van der Waals surface area contributed by atoms with Gasteiger partial charge < -0.3 is 0 Å². The summed E-state index contributed by atoms with van der Waals surface area (Å²) in [6.45, 7) is 3.47. The first-order valence-electron chi connectivity index (χ1n) is 5.90. The predicted molar refractivity (Wildman–Crippen MR) is 69.7 cm³/mol. The standard InChI is InChI=1S/C15H15NO2/c1-3-14(17)13(15(18)4-2)9-11-5-7-12(10-16)8-6-11/h5-9H,3-4H2,1-2H3. The van der Waals surface area contributed by atoms with Crippen LogP contribution in [0.4, 0.5) is 0 Å². The van der Waals surface area contributed by atoms with Crippen molar-refractivity contribution in [3.05, 3.63) is 41.0 Å². The molecule has 0 aliphatic heterocycles. The lowest BCUT2D eigenvalue weighted by atomic mass is 9.99. The lowest BCUT2D eigenvalue weighted by molar-refractivity contribution is -0.121. The van der Waals surface area contributed by atoms with Crippen molar-refractivity contribution < 1.29 is 9.59 Å². The summed E-state index contributed by atoms with van der Waals surface area (Å²) in [6, 6.07) is 8.80. The summed E-state index contributed by atoms with van der Waals surface area (Å²) in [7, 11) is 0. The smallest absolute Gasteiger partial charge is 0.166 e. The highest BCUT2D eigenvalue weighted by molar-refractivity contribution is 6.23. The summed E-state index contributed by atoms with van der Waals surface area (Å²) >= 11 is 0. The molecule has 0 aliphatic carbocycles. The molecule has 0 heterocycles. The van der Waals surface area contributed by atoms with Crippen LogP contribution in [0.15, 0.2) is 29.8 Å². The van der Waals surface area contributed by atoms with E-state index in [1.165, 1.54) is 0 Å². The molecule has 0 fully saturated rings. The zero-order valence-corrected chi connectivity index (χ0v) is 10.6. The monoisotopic (exact) mass is 241 g/mol. The van der Waals surface area contributed by atoms with Gasteiger partial charge in [0, 0.05) is 12.8 Å². The Balaban J connectivity index is 3.11. The molecule has 0 N–H and O–H groups in total. The number of allylic oxidation sites excluding steroid dienone is 1. The molecule has 0 spiro atoms. The summed E-state index contributed by atoms with van der Waals surface area (Å²) in [5.41, 5.74) is 1.55. The molecule has 0 unspecified atom stereocenters. The highest BCUT2D eigenvalue weighted by atomic mass is 16.1. The summed E-state index contributed by atoms with van der Waals surface area (Å²) in [5.74, 6) is -0.294. The number of rotatable bonds is 5. The summed E-state index contributed by atoms with van der Waals surface area (Å²) in [6.07, 6.45) is 2.22. The molecule has 0 saturated heterocycles. The highest BCUT2D eigenvalue weighted by Crippen LogP contribution is 2.12. The molecule has 0 aromatic heterocycles. The van der Waals surface area contributed by atoms with Crippen molar-refractivity contribution in [2.24, 2.45) is 0 Å². The molecule has 0 bridgehead atoms. The molecular weight excluding hydrogens is 226 g/mol. The van der Waals surface area contributed by atoms with E-state index in [0.29, 0.717) is 18.4 Å². The van der Waals surface area contributed by atoms with Crippen LogP contribution in [0, 0.1) is 11.3 Å². The fourth-order valence-corrected chi connectivity index (χ4v) is 1.52. The minimum absolute atomic E-state index is 0.147. The maximum Gasteiger partial charge on any atom is 0.166 e. The Hall–Kier alpha value is -2.21. The normalized spacial score (nSPS) is 9.39. The second-order valence-electron chi connectivity index (χ2n) is 3.85. The molecule has 1 aromatic rings. The molecule has 0 atom stereocenters. The Kier molecular flexibility index (Phi) is 5.01. The third kappa shape index (κ3) is 3.39. The van der Waals surface area contributed by atoms with Gasteiger partial charge in [-0.25, -0.2) is 0 Å². The van der Waals surface area contributed by atoms with Crippen LogP contribution in [0.3, 0.4) is 0 Å². The van der Waals surface area contributed by atoms with Crippen LogP contribution in [-0.4, -0.2) is 11.6 Å². The van der Waals surface area contributed by atoms with E-state index in [9.17, 15) is 9.59 Å². The number of nitrogens with zero attached hydrogens (tertiary/aromatic N) is 1. The van der Waals surface area contributed by atoms with E-state index in [1.54, 1.807) is 44.2 Å². The number of Topliss-reactive ketones (excluding diaryl/α,β-unsaturated/α-hetero) is 2. The van der Waals surface area contributed by atoms with Gasteiger partial charge in [0.25, 0.3) is 0 Å². The zero-order chi connectivity index (χ0) is 13.5. The van der Waals surface area contributed by atoms with E-state index in [-0.39, 0.29) is 17.1 Å². The van der Waals surface area contributed by atoms with Crippen LogP contribution >= 0.6 is 0 Å². The molecule has 0 saturated carbocycles. The number of benzene rings is 1. The number of ketones is 2. The minimum atomic E-state index is -0.147. The quantitative estimate of drug-likeness (QED) is 0.452. The van der Waals surface area contributed by atoms with Crippen molar-refractivity contribution in [2.45, 2.75) is 26.7 Å². The molecular formula is C15H15NO2. The lowest BCUT2D eigenvalue weighted by Crippen LogP contribution is -2.10. The highest BCUT2D eigenvalue weighted by Gasteiger charge is 2.14. The van der Waals surface area contributed by atoms with Gasteiger partial charge in [-0.2, -0.15) is 5.26 Å². The Bertz CT molecular complexity index is 500. The first-order valence-corrected chi connectivity index (χ1v) is 5.90. The Morgan fingerprint density at radius 1 is 1.11 bits per heavy atom. The van der Waals surface area contributed by atoms with Crippen molar-refractivity contribution >= 4 is 17.6 Å². The Morgan fingerprint density at radius 2 is 1.61 bits per heavy atom. The number of hydrogen-bond acceptors (Lipinski definition) is 3. The van der Waals surface area contributed by atoms with Crippen LogP contribution in [0.5, 0.6) is 0 Å². The van der Waals surface area contributed by atoms with Gasteiger partial charge in [-0.1, -0.05) is 26.0 Å². The van der Waals surface area contributed by atoms with Crippen LogP contribution < -0.4 is 0 Å². The van der Waals surface area contributed by atoms with Gasteiger partial charge in [0.05, 0.1) is 17.2 Å². The largest absolute Gasteiger partial charge is 0.294 e. The summed E-state index contributed by atoms with van der Waals surface area (Å²) in [5, 5.41) is 8.69. The van der Waals surface area contributed by atoms with Crippen molar-refractivity contribution in [3.8, 4) is 6.07 Å². The van der Waals surface area contributed by atoms with E-state index in [1.807, 2.05) is 6.07 Å². The molecule has 3 nitrogen and oxygen atoms in total. The molecule has 3 heteroatoms. The number of carbonyl (C=O) groups is 2. The topological polar surface area (TPSA) is 57.9 Å². The minimum Gasteiger partial charge on any atom is -0.294 e. The molecule has 18 heavy (non-hydrogen) atoms. The molecule has 0 radical (unpaired) electrons. The van der Waals surface area contributed by atoms with Crippen molar-refractivity contribution in [2.75, 3.05) is 0 Å². The van der Waals surface area contributed by atoms with Crippen molar-refractivity contribution in [3.63, 3.8) is 0 Å². The van der Waals surface area contributed by atoms with Crippen LogP contribution in [0.1, 0.15) is 37.8 Å². The molecule has 1 rings (SSSR count). The summed E-state index contributed by atoms with van der Waals surface area (Å²) in [4.78, 5) is 23.4. The maximum atomic E-state index is 11.7. The molecule has 0 aliphatic rings. The second-order valence-corrected chi connectivity index (χ2v) is 3.85. The van der Waals surface area contributed by atoms with E-state index >= 15 is 0 Å². The average molecular weight is 241 g/mol. The molecule has 1 aromatic carbocycles. The predicted octanol–water partition coefficient (Wildman–Crippen LogP) is 2.90. The van der Waals surface area contributed by atoms with Gasteiger partial charge in [-0.15, -0.1) is 0 Å². The van der Waals surface area contributed by atoms with E-state index < -0.39 is 0 Å². The van der Waals surface area contributed by atoms with Gasteiger partial charge >= 0.3 is 0 Å². The van der Waals surface area contributed by atoms with Gasteiger partial charge in [-0.05, 0) is 23.8 Å². The SMILES string of the molecule is CCC(=O)C(=Cc1ccc(C#N)cc1)C(=O)CC. The van der Waals surface area contributed by atoms with Gasteiger partial charge in [-0.3, -0.25) is 9.59 Å². The fraction of sp³-hybridized carbons (Fsp3) is 0.267. The number of carbonyl (C=O) groups excluding carboxylic acids is 2. The number of nitriles is 1. The molecule has 92 valence electrons. The first-order chi connectivity index (χ1) is 8.62.